The van der Waals surface area contributed by atoms with Gasteiger partial charge in [-0.25, -0.2) is 0 Å². The van der Waals surface area contributed by atoms with E-state index in [0.29, 0.717) is 19.3 Å². The topological polar surface area (TPSA) is 78.9 Å². The molecule has 0 aliphatic carbocycles. The predicted octanol–water partition coefficient (Wildman–Crippen LogP) is 21.4. The number of unbranched alkanes of at least 4 members (excludes halogenated alkanes) is 46. The summed E-state index contributed by atoms with van der Waals surface area (Å²) in [5, 5.41) is 0. The lowest BCUT2D eigenvalue weighted by Crippen LogP contribution is -2.30. The molecule has 0 aliphatic heterocycles. The molecule has 0 fully saturated rings. The van der Waals surface area contributed by atoms with Crippen LogP contribution in [0.1, 0.15) is 368 Å². The van der Waals surface area contributed by atoms with E-state index in [4.69, 9.17) is 14.2 Å². The Morgan fingerprint density at radius 3 is 0.700 bits per heavy atom. The molecule has 0 spiro atoms. The van der Waals surface area contributed by atoms with Crippen LogP contribution in [0.3, 0.4) is 0 Å². The molecule has 0 radical (unpaired) electrons. The van der Waals surface area contributed by atoms with E-state index in [1.807, 2.05) is 0 Å². The van der Waals surface area contributed by atoms with Gasteiger partial charge in [-0.15, -0.1) is 0 Å². The van der Waals surface area contributed by atoms with Crippen molar-refractivity contribution < 1.29 is 28.6 Å². The van der Waals surface area contributed by atoms with E-state index in [9.17, 15) is 14.4 Å². The van der Waals surface area contributed by atoms with E-state index in [2.05, 4.69) is 27.7 Å². The summed E-state index contributed by atoms with van der Waals surface area (Å²) in [5.74, 6) is 0.0254. The zero-order valence-corrected chi connectivity index (χ0v) is 48.0. The van der Waals surface area contributed by atoms with Crippen molar-refractivity contribution >= 4 is 17.9 Å². The summed E-state index contributed by atoms with van der Waals surface area (Å²) >= 11 is 0. The van der Waals surface area contributed by atoms with Crippen LogP contribution >= 0.6 is 0 Å². The standard InChI is InChI=1S/C64H124O6/c1-5-7-9-11-13-15-17-19-21-22-23-24-29-33-37-41-45-49-53-57-64(67)70-61(58-68-62(65)55-51-47-43-39-35-31-20-18-16-14-12-10-8-6-2)59-69-63(66)56-52-48-44-40-36-32-28-26-25-27-30-34-38-42-46-50-54-60(3)4/h60-61H,5-59H2,1-4H3/t61-/m1/s1. The van der Waals surface area contributed by atoms with Crippen LogP contribution < -0.4 is 0 Å². The fraction of sp³-hybridized carbons (Fsp3) is 0.953. The lowest BCUT2D eigenvalue weighted by atomic mass is 10.0. The Morgan fingerprint density at radius 2 is 0.471 bits per heavy atom. The number of carbonyl (C=O) groups is 3. The van der Waals surface area contributed by atoms with E-state index >= 15 is 0 Å². The van der Waals surface area contributed by atoms with Crippen LogP contribution in [-0.2, 0) is 28.6 Å². The predicted molar refractivity (Wildman–Crippen MR) is 303 cm³/mol. The van der Waals surface area contributed by atoms with Crippen LogP contribution in [0.25, 0.3) is 0 Å². The van der Waals surface area contributed by atoms with Crippen molar-refractivity contribution in [2.24, 2.45) is 5.92 Å². The number of hydrogen-bond donors (Lipinski definition) is 0. The highest BCUT2D eigenvalue weighted by Crippen LogP contribution is 2.19. The summed E-state index contributed by atoms with van der Waals surface area (Å²) in [7, 11) is 0. The molecule has 6 nitrogen and oxygen atoms in total. The zero-order chi connectivity index (χ0) is 50.9. The summed E-state index contributed by atoms with van der Waals surface area (Å²) < 4.78 is 17.0. The largest absolute Gasteiger partial charge is 0.462 e. The Kier molecular flexibility index (Phi) is 57.0. The van der Waals surface area contributed by atoms with Gasteiger partial charge in [0.2, 0.25) is 0 Å². The maximum atomic E-state index is 12.9. The van der Waals surface area contributed by atoms with Crippen LogP contribution in [-0.4, -0.2) is 37.2 Å². The molecule has 0 aliphatic rings. The normalized spacial score (nSPS) is 12.0. The first kappa shape index (κ1) is 68.4. The molecule has 0 amide bonds. The van der Waals surface area contributed by atoms with Crippen molar-refractivity contribution in [3.63, 3.8) is 0 Å². The Morgan fingerprint density at radius 1 is 0.271 bits per heavy atom. The molecule has 0 N–H and O–H groups in total. The van der Waals surface area contributed by atoms with E-state index in [-0.39, 0.29) is 31.1 Å². The maximum Gasteiger partial charge on any atom is 0.306 e. The molecular formula is C64H124O6. The minimum absolute atomic E-state index is 0.0612. The average molecular weight is 990 g/mol. The van der Waals surface area contributed by atoms with E-state index in [1.54, 1.807) is 0 Å². The van der Waals surface area contributed by atoms with Gasteiger partial charge in [-0.3, -0.25) is 14.4 Å². The Labute approximate surface area is 438 Å². The van der Waals surface area contributed by atoms with Crippen LogP contribution in [0.2, 0.25) is 0 Å². The molecule has 0 aromatic rings. The van der Waals surface area contributed by atoms with Crippen molar-refractivity contribution in [2.75, 3.05) is 13.2 Å². The van der Waals surface area contributed by atoms with Crippen molar-refractivity contribution in [1.82, 2.24) is 0 Å². The van der Waals surface area contributed by atoms with E-state index < -0.39 is 6.10 Å². The Balaban J connectivity index is 4.27. The van der Waals surface area contributed by atoms with Gasteiger partial charge in [-0.05, 0) is 25.2 Å². The first-order valence-corrected chi connectivity index (χ1v) is 31.9. The van der Waals surface area contributed by atoms with Gasteiger partial charge in [-0.1, -0.05) is 329 Å². The van der Waals surface area contributed by atoms with Gasteiger partial charge in [-0.2, -0.15) is 0 Å². The zero-order valence-electron chi connectivity index (χ0n) is 48.0. The van der Waals surface area contributed by atoms with Crippen LogP contribution in [0.4, 0.5) is 0 Å². The highest BCUT2D eigenvalue weighted by Gasteiger charge is 2.19. The maximum absolute atomic E-state index is 12.9. The van der Waals surface area contributed by atoms with Crippen LogP contribution in [0, 0.1) is 5.92 Å². The van der Waals surface area contributed by atoms with Gasteiger partial charge in [0.15, 0.2) is 6.10 Å². The minimum atomic E-state index is -0.763. The van der Waals surface area contributed by atoms with Crippen molar-refractivity contribution in [2.45, 2.75) is 374 Å². The van der Waals surface area contributed by atoms with Crippen molar-refractivity contribution in [3.05, 3.63) is 0 Å². The molecule has 70 heavy (non-hydrogen) atoms. The van der Waals surface area contributed by atoms with Gasteiger partial charge < -0.3 is 14.2 Å². The van der Waals surface area contributed by atoms with E-state index in [1.165, 1.54) is 263 Å². The number of carbonyl (C=O) groups excluding carboxylic acids is 3. The molecule has 416 valence electrons. The van der Waals surface area contributed by atoms with Gasteiger partial charge in [0, 0.05) is 19.3 Å². The Hall–Kier alpha value is -1.59. The first-order chi connectivity index (χ1) is 34.4. The quantitative estimate of drug-likeness (QED) is 0.0343. The molecule has 0 bridgehead atoms. The number of hydrogen-bond acceptors (Lipinski definition) is 6. The van der Waals surface area contributed by atoms with Gasteiger partial charge >= 0.3 is 17.9 Å². The summed E-state index contributed by atoms with van der Waals surface area (Å²) in [4.78, 5) is 38.3. The summed E-state index contributed by atoms with van der Waals surface area (Å²) in [6.07, 6.45) is 65.3. The van der Waals surface area contributed by atoms with Crippen LogP contribution in [0.5, 0.6) is 0 Å². The second kappa shape index (κ2) is 58.3. The van der Waals surface area contributed by atoms with Crippen molar-refractivity contribution in [1.29, 1.82) is 0 Å². The smallest absolute Gasteiger partial charge is 0.306 e. The molecule has 1 atom stereocenters. The Bertz CT molecular complexity index is 1060. The SMILES string of the molecule is CCCCCCCCCCCCCCCCCCCCCC(=O)O[C@H](COC(=O)CCCCCCCCCCCCCCCC)COC(=O)CCCCCCCCCCCCCCCCCCC(C)C. The summed E-state index contributed by atoms with van der Waals surface area (Å²) in [6.45, 7) is 9.10. The van der Waals surface area contributed by atoms with Gasteiger partial charge in [0.05, 0.1) is 0 Å². The third-order valence-electron chi connectivity index (χ3n) is 14.8. The molecular weight excluding hydrogens is 865 g/mol. The number of rotatable bonds is 59. The van der Waals surface area contributed by atoms with E-state index in [0.717, 1.165) is 63.7 Å². The third kappa shape index (κ3) is 57.3. The average Bonchev–Trinajstić information content (AvgIpc) is 3.35. The second-order valence-electron chi connectivity index (χ2n) is 22.5. The molecule has 0 saturated heterocycles. The fourth-order valence-corrected chi connectivity index (χ4v) is 9.99. The van der Waals surface area contributed by atoms with Gasteiger partial charge in [0.1, 0.15) is 13.2 Å². The molecule has 0 saturated carbocycles. The fourth-order valence-electron chi connectivity index (χ4n) is 9.99. The van der Waals surface area contributed by atoms with Gasteiger partial charge in [0.25, 0.3) is 0 Å². The summed E-state index contributed by atoms with van der Waals surface area (Å²) in [6, 6.07) is 0. The first-order valence-electron chi connectivity index (χ1n) is 31.9. The van der Waals surface area contributed by atoms with Crippen LogP contribution in [0.15, 0.2) is 0 Å². The van der Waals surface area contributed by atoms with Crippen molar-refractivity contribution in [3.8, 4) is 0 Å². The molecule has 0 unspecified atom stereocenters. The third-order valence-corrected chi connectivity index (χ3v) is 14.8. The highest BCUT2D eigenvalue weighted by molar-refractivity contribution is 5.71. The molecule has 0 heterocycles. The lowest BCUT2D eigenvalue weighted by Gasteiger charge is -2.18. The lowest BCUT2D eigenvalue weighted by molar-refractivity contribution is -0.167. The number of esters is 3. The molecule has 0 aromatic carbocycles. The number of ether oxygens (including phenoxy) is 3. The minimum Gasteiger partial charge on any atom is -0.462 e. The molecule has 6 heteroatoms. The second-order valence-corrected chi connectivity index (χ2v) is 22.5. The highest BCUT2D eigenvalue weighted by atomic mass is 16.6. The molecule has 0 aromatic heterocycles. The summed E-state index contributed by atoms with van der Waals surface area (Å²) in [5.41, 5.74) is 0. The monoisotopic (exact) mass is 989 g/mol. The molecule has 0 rings (SSSR count).